The van der Waals surface area contributed by atoms with Crippen LogP contribution < -0.4 is 10.1 Å². The molecular formula is C17H22N2O. The Morgan fingerprint density at radius 2 is 2.00 bits per heavy atom. The number of aromatic nitrogens is 1. The predicted molar refractivity (Wildman–Crippen MR) is 82.2 cm³/mol. The van der Waals surface area contributed by atoms with Crippen molar-refractivity contribution in [2.45, 2.75) is 25.8 Å². The topological polar surface area (TPSA) is 34.1 Å². The number of rotatable bonds is 5. The lowest BCUT2D eigenvalue weighted by Crippen LogP contribution is -2.23. The summed E-state index contributed by atoms with van der Waals surface area (Å²) in [5, 5.41) is 3.39. The zero-order chi connectivity index (χ0) is 14.5. The van der Waals surface area contributed by atoms with E-state index in [4.69, 9.17) is 4.74 Å². The van der Waals surface area contributed by atoms with Crippen LogP contribution in [0.25, 0.3) is 0 Å². The molecule has 0 amide bonds. The molecule has 0 aliphatic rings. The smallest absolute Gasteiger partial charge is 0.122 e. The Morgan fingerprint density at radius 3 is 2.60 bits per heavy atom. The second kappa shape index (κ2) is 6.53. The number of nitrogens with one attached hydrogen (secondary N) is 1. The Kier molecular flexibility index (Phi) is 4.74. The monoisotopic (exact) mass is 270 g/mol. The fraction of sp³-hybridized carbons (Fsp3) is 0.353. The summed E-state index contributed by atoms with van der Waals surface area (Å²) in [6.45, 7) is 4.25. The van der Waals surface area contributed by atoms with E-state index in [9.17, 15) is 0 Å². The molecule has 3 heteroatoms. The number of nitrogens with zero attached hydrogens (tertiary/aromatic N) is 1. The molecule has 2 atom stereocenters. The second-order valence-corrected chi connectivity index (χ2v) is 5.04. The van der Waals surface area contributed by atoms with Crippen molar-refractivity contribution in [3.63, 3.8) is 0 Å². The number of hydrogen-bond donors (Lipinski definition) is 1. The van der Waals surface area contributed by atoms with E-state index in [2.05, 4.69) is 48.4 Å². The highest BCUT2D eigenvalue weighted by Gasteiger charge is 2.20. The van der Waals surface area contributed by atoms with Crippen LogP contribution in [0.3, 0.4) is 0 Å². The van der Waals surface area contributed by atoms with Gasteiger partial charge in [0.1, 0.15) is 5.75 Å². The molecule has 1 N–H and O–H groups in total. The summed E-state index contributed by atoms with van der Waals surface area (Å²) in [5.41, 5.74) is 3.45. The average Bonchev–Trinajstić information content (AvgIpc) is 2.50. The maximum Gasteiger partial charge on any atom is 0.122 e. The fourth-order valence-corrected chi connectivity index (χ4v) is 2.55. The third-order valence-corrected chi connectivity index (χ3v) is 3.76. The van der Waals surface area contributed by atoms with Crippen LogP contribution in [0.4, 0.5) is 0 Å². The molecule has 1 aromatic heterocycles. The molecule has 0 radical (unpaired) electrons. The van der Waals surface area contributed by atoms with Gasteiger partial charge >= 0.3 is 0 Å². The molecule has 0 saturated carbocycles. The van der Waals surface area contributed by atoms with Gasteiger partial charge in [0, 0.05) is 23.9 Å². The average molecular weight is 270 g/mol. The second-order valence-electron chi connectivity index (χ2n) is 5.04. The van der Waals surface area contributed by atoms with E-state index in [0.717, 1.165) is 17.0 Å². The van der Waals surface area contributed by atoms with Crippen LogP contribution in [-0.4, -0.2) is 19.1 Å². The van der Waals surface area contributed by atoms with Gasteiger partial charge in [-0.05, 0) is 43.3 Å². The number of ether oxygens (including phenoxy) is 1. The van der Waals surface area contributed by atoms with E-state index in [0.29, 0.717) is 0 Å². The van der Waals surface area contributed by atoms with E-state index in [1.165, 1.54) is 5.56 Å². The van der Waals surface area contributed by atoms with Crippen molar-refractivity contribution in [2.75, 3.05) is 14.2 Å². The standard InChI is InChI=1S/C17H22N2O/c1-12-8-9-14(11-16(12)20-4)17(18-3)13(2)15-7-5-6-10-19-15/h5-11,13,17-18H,1-4H3. The molecule has 20 heavy (non-hydrogen) atoms. The maximum atomic E-state index is 5.42. The Labute approximate surface area is 121 Å². The zero-order valence-corrected chi connectivity index (χ0v) is 12.6. The lowest BCUT2D eigenvalue weighted by molar-refractivity contribution is 0.409. The van der Waals surface area contributed by atoms with Crippen LogP contribution in [0, 0.1) is 6.92 Å². The van der Waals surface area contributed by atoms with E-state index in [1.54, 1.807) is 7.11 Å². The van der Waals surface area contributed by atoms with Gasteiger partial charge in [-0.2, -0.15) is 0 Å². The van der Waals surface area contributed by atoms with Crippen LogP contribution in [0.15, 0.2) is 42.6 Å². The third kappa shape index (κ3) is 2.99. The molecular weight excluding hydrogens is 248 g/mol. The van der Waals surface area contributed by atoms with Gasteiger partial charge in [-0.15, -0.1) is 0 Å². The summed E-state index contributed by atoms with van der Waals surface area (Å²) in [6.07, 6.45) is 1.84. The SMILES string of the molecule is CNC(c1ccc(C)c(OC)c1)C(C)c1ccccn1. The van der Waals surface area contributed by atoms with E-state index in [-0.39, 0.29) is 12.0 Å². The van der Waals surface area contributed by atoms with Crippen molar-refractivity contribution in [3.05, 3.63) is 59.4 Å². The number of methoxy groups -OCH3 is 1. The summed E-state index contributed by atoms with van der Waals surface area (Å²) in [6, 6.07) is 12.6. The van der Waals surface area contributed by atoms with Crippen LogP contribution >= 0.6 is 0 Å². The van der Waals surface area contributed by atoms with E-state index < -0.39 is 0 Å². The van der Waals surface area contributed by atoms with Gasteiger partial charge in [0.05, 0.1) is 7.11 Å². The summed E-state index contributed by atoms with van der Waals surface area (Å²) < 4.78 is 5.42. The minimum Gasteiger partial charge on any atom is -0.496 e. The van der Waals surface area contributed by atoms with Crippen molar-refractivity contribution in [1.82, 2.24) is 10.3 Å². The van der Waals surface area contributed by atoms with Crippen molar-refractivity contribution < 1.29 is 4.74 Å². The van der Waals surface area contributed by atoms with Crippen LogP contribution in [0.1, 0.15) is 35.7 Å². The maximum absolute atomic E-state index is 5.42. The molecule has 0 aliphatic carbocycles. The van der Waals surface area contributed by atoms with Gasteiger partial charge in [0.25, 0.3) is 0 Å². The van der Waals surface area contributed by atoms with Gasteiger partial charge in [0.15, 0.2) is 0 Å². The number of aryl methyl sites for hydroxylation is 1. The minimum atomic E-state index is 0.208. The number of hydrogen-bond acceptors (Lipinski definition) is 3. The normalized spacial score (nSPS) is 13.8. The van der Waals surface area contributed by atoms with Gasteiger partial charge < -0.3 is 10.1 Å². The molecule has 0 saturated heterocycles. The van der Waals surface area contributed by atoms with Crippen LogP contribution in [0.5, 0.6) is 5.75 Å². The molecule has 2 aromatic rings. The summed E-state index contributed by atoms with van der Waals surface area (Å²) in [4.78, 5) is 4.46. The number of benzene rings is 1. The number of pyridine rings is 1. The van der Waals surface area contributed by atoms with Crippen LogP contribution in [-0.2, 0) is 0 Å². The highest BCUT2D eigenvalue weighted by atomic mass is 16.5. The van der Waals surface area contributed by atoms with Crippen molar-refractivity contribution in [2.24, 2.45) is 0 Å². The first-order valence-electron chi connectivity index (χ1n) is 6.90. The van der Waals surface area contributed by atoms with Gasteiger partial charge in [-0.1, -0.05) is 25.1 Å². The fourth-order valence-electron chi connectivity index (χ4n) is 2.55. The molecule has 0 aliphatic heterocycles. The summed E-state index contributed by atoms with van der Waals surface area (Å²) in [5.74, 6) is 1.21. The lowest BCUT2D eigenvalue weighted by atomic mass is 9.91. The van der Waals surface area contributed by atoms with E-state index >= 15 is 0 Å². The lowest BCUT2D eigenvalue weighted by Gasteiger charge is -2.24. The van der Waals surface area contributed by atoms with Gasteiger partial charge in [0.2, 0.25) is 0 Å². The highest BCUT2D eigenvalue weighted by molar-refractivity contribution is 5.38. The molecule has 3 nitrogen and oxygen atoms in total. The largest absolute Gasteiger partial charge is 0.496 e. The molecule has 106 valence electrons. The van der Waals surface area contributed by atoms with Crippen LogP contribution in [0.2, 0.25) is 0 Å². The molecule has 2 rings (SSSR count). The first-order valence-corrected chi connectivity index (χ1v) is 6.90. The summed E-state index contributed by atoms with van der Waals surface area (Å²) >= 11 is 0. The highest BCUT2D eigenvalue weighted by Crippen LogP contribution is 2.31. The van der Waals surface area contributed by atoms with Crippen molar-refractivity contribution in [3.8, 4) is 5.75 Å². The Hall–Kier alpha value is -1.87. The summed E-state index contributed by atoms with van der Waals surface area (Å²) in [7, 11) is 3.69. The van der Waals surface area contributed by atoms with E-state index in [1.807, 2.05) is 25.4 Å². The number of likely N-dealkylation sites (N-methyl/N-ethyl adjacent to an activating group) is 1. The molecule has 1 aromatic carbocycles. The Balaban J connectivity index is 2.32. The Bertz CT molecular complexity index is 554. The quantitative estimate of drug-likeness (QED) is 0.903. The Morgan fingerprint density at radius 1 is 1.20 bits per heavy atom. The predicted octanol–water partition coefficient (Wildman–Crippen LogP) is 3.46. The van der Waals surface area contributed by atoms with Gasteiger partial charge in [-0.25, -0.2) is 0 Å². The van der Waals surface area contributed by atoms with Crippen molar-refractivity contribution >= 4 is 0 Å². The molecule has 1 heterocycles. The van der Waals surface area contributed by atoms with Crippen molar-refractivity contribution in [1.29, 1.82) is 0 Å². The third-order valence-electron chi connectivity index (χ3n) is 3.76. The molecule has 2 unspecified atom stereocenters. The molecule has 0 bridgehead atoms. The molecule has 0 fully saturated rings. The zero-order valence-electron chi connectivity index (χ0n) is 12.6. The van der Waals surface area contributed by atoms with Gasteiger partial charge in [-0.3, -0.25) is 4.98 Å². The first kappa shape index (κ1) is 14.5. The molecule has 0 spiro atoms. The minimum absolute atomic E-state index is 0.208. The first-order chi connectivity index (χ1) is 9.67.